The number of aliphatic carboxylic acids is 1. The third-order valence-electron chi connectivity index (χ3n) is 3.71. The first-order valence-electron chi connectivity index (χ1n) is 9.06. The first-order valence-corrected chi connectivity index (χ1v) is 9.06. The lowest BCUT2D eigenvalue weighted by molar-refractivity contribution is -0.137. The van der Waals surface area contributed by atoms with E-state index in [4.69, 9.17) is 15.9 Å². The van der Waals surface area contributed by atoms with Crippen LogP contribution in [-0.4, -0.2) is 21.9 Å². The Bertz CT molecular complexity index is 237. The van der Waals surface area contributed by atoms with Crippen LogP contribution in [0.4, 0.5) is 0 Å². The summed E-state index contributed by atoms with van der Waals surface area (Å²) in [7, 11) is 0. The van der Waals surface area contributed by atoms with Crippen LogP contribution in [0.3, 0.4) is 0 Å². The standard InChI is InChI=1S/C14H28O2.C4H11NO/c1-2-3-4-5-6-7-8-9-10-11-12-13-14(15)16;1-3-4(2,5)6/h2-13H2,1H3,(H,15,16);6H,3,5H2,1-2H3. The van der Waals surface area contributed by atoms with E-state index in [2.05, 4.69) is 6.92 Å². The fourth-order valence-electron chi connectivity index (χ4n) is 1.94. The van der Waals surface area contributed by atoms with Gasteiger partial charge in [-0.05, 0) is 19.8 Å². The summed E-state index contributed by atoms with van der Waals surface area (Å²) >= 11 is 0. The third kappa shape index (κ3) is 27.7. The summed E-state index contributed by atoms with van der Waals surface area (Å²) in [5, 5.41) is 17.1. The van der Waals surface area contributed by atoms with Crippen LogP contribution in [0.15, 0.2) is 0 Å². The molecule has 0 aliphatic heterocycles. The van der Waals surface area contributed by atoms with E-state index in [0.29, 0.717) is 12.8 Å². The molecule has 0 saturated heterocycles. The molecule has 4 N–H and O–H groups in total. The summed E-state index contributed by atoms with van der Waals surface area (Å²) in [6.07, 6.45) is 15.0. The average Bonchev–Trinajstić information content (AvgIpc) is 2.44. The molecule has 0 bridgehead atoms. The van der Waals surface area contributed by atoms with E-state index < -0.39 is 11.7 Å². The van der Waals surface area contributed by atoms with E-state index in [1.165, 1.54) is 57.8 Å². The highest BCUT2D eigenvalue weighted by Gasteiger charge is 2.06. The molecule has 1 unspecified atom stereocenters. The van der Waals surface area contributed by atoms with E-state index >= 15 is 0 Å². The maximum absolute atomic E-state index is 10.3. The van der Waals surface area contributed by atoms with Gasteiger partial charge in [0.05, 0.1) is 0 Å². The van der Waals surface area contributed by atoms with Gasteiger partial charge in [0.1, 0.15) is 5.72 Å². The normalized spacial score (nSPS) is 13.1. The quantitative estimate of drug-likeness (QED) is 0.335. The number of carbonyl (C=O) groups is 1. The van der Waals surface area contributed by atoms with E-state index in [-0.39, 0.29) is 0 Å². The van der Waals surface area contributed by atoms with Crippen LogP contribution in [0.1, 0.15) is 104 Å². The Labute approximate surface area is 137 Å². The molecule has 0 spiro atoms. The lowest BCUT2D eigenvalue weighted by Gasteiger charge is -2.11. The topological polar surface area (TPSA) is 83.5 Å². The zero-order valence-electron chi connectivity index (χ0n) is 15.1. The van der Waals surface area contributed by atoms with Crippen molar-refractivity contribution in [3.05, 3.63) is 0 Å². The van der Waals surface area contributed by atoms with Gasteiger partial charge in [-0.25, -0.2) is 0 Å². The molecule has 0 aromatic rings. The predicted molar refractivity (Wildman–Crippen MR) is 93.8 cm³/mol. The average molecular weight is 318 g/mol. The first kappa shape index (κ1) is 23.7. The smallest absolute Gasteiger partial charge is 0.303 e. The summed E-state index contributed by atoms with van der Waals surface area (Å²) in [5.74, 6) is -0.657. The van der Waals surface area contributed by atoms with Crippen molar-refractivity contribution in [1.82, 2.24) is 0 Å². The van der Waals surface area contributed by atoms with Gasteiger partial charge in [-0.15, -0.1) is 0 Å². The zero-order valence-corrected chi connectivity index (χ0v) is 15.1. The summed E-state index contributed by atoms with van der Waals surface area (Å²) in [6.45, 7) is 5.66. The van der Waals surface area contributed by atoms with Crippen molar-refractivity contribution in [1.29, 1.82) is 0 Å². The summed E-state index contributed by atoms with van der Waals surface area (Å²) in [6, 6.07) is 0. The molecule has 0 heterocycles. The largest absolute Gasteiger partial charge is 0.481 e. The van der Waals surface area contributed by atoms with Gasteiger partial charge in [0.2, 0.25) is 0 Å². The molecule has 0 rings (SSSR count). The molecule has 0 aliphatic carbocycles. The van der Waals surface area contributed by atoms with E-state index in [1.807, 2.05) is 6.92 Å². The fourth-order valence-corrected chi connectivity index (χ4v) is 1.94. The summed E-state index contributed by atoms with van der Waals surface area (Å²) < 4.78 is 0. The first-order chi connectivity index (χ1) is 10.3. The Morgan fingerprint density at radius 3 is 1.45 bits per heavy atom. The molecule has 0 saturated carbocycles. The van der Waals surface area contributed by atoms with Crippen LogP contribution in [0.5, 0.6) is 0 Å². The summed E-state index contributed by atoms with van der Waals surface area (Å²) in [4.78, 5) is 10.3. The van der Waals surface area contributed by atoms with Crippen LogP contribution in [0, 0.1) is 0 Å². The van der Waals surface area contributed by atoms with Crippen molar-refractivity contribution in [2.24, 2.45) is 5.73 Å². The molecule has 0 radical (unpaired) electrons. The Balaban J connectivity index is 0. The number of rotatable bonds is 13. The highest BCUT2D eigenvalue weighted by atomic mass is 16.4. The number of nitrogens with two attached hydrogens (primary N) is 1. The van der Waals surface area contributed by atoms with E-state index in [1.54, 1.807) is 6.92 Å². The van der Waals surface area contributed by atoms with Crippen LogP contribution in [-0.2, 0) is 4.79 Å². The molecular weight excluding hydrogens is 278 g/mol. The van der Waals surface area contributed by atoms with E-state index in [0.717, 1.165) is 12.8 Å². The molecule has 1 atom stereocenters. The molecule has 4 nitrogen and oxygen atoms in total. The monoisotopic (exact) mass is 317 g/mol. The predicted octanol–water partition coefficient (Wildman–Crippen LogP) is 4.84. The van der Waals surface area contributed by atoms with E-state index in [9.17, 15) is 4.79 Å². The Kier molecular flexibility index (Phi) is 18.0. The van der Waals surface area contributed by atoms with Gasteiger partial charge in [0, 0.05) is 6.42 Å². The van der Waals surface area contributed by atoms with Gasteiger partial charge in [0.25, 0.3) is 0 Å². The second-order valence-corrected chi connectivity index (χ2v) is 6.39. The van der Waals surface area contributed by atoms with Crippen molar-refractivity contribution in [3.63, 3.8) is 0 Å². The van der Waals surface area contributed by atoms with Crippen LogP contribution >= 0.6 is 0 Å². The van der Waals surface area contributed by atoms with Gasteiger partial charge in [0.15, 0.2) is 0 Å². The van der Waals surface area contributed by atoms with Crippen LogP contribution in [0.25, 0.3) is 0 Å². The summed E-state index contributed by atoms with van der Waals surface area (Å²) in [5.41, 5.74) is 4.13. The Morgan fingerprint density at radius 2 is 1.18 bits per heavy atom. The Morgan fingerprint density at radius 1 is 0.864 bits per heavy atom. The van der Waals surface area contributed by atoms with Crippen molar-refractivity contribution >= 4 is 5.97 Å². The van der Waals surface area contributed by atoms with Gasteiger partial charge in [-0.1, -0.05) is 78.1 Å². The number of unbranched alkanes of at least 4 members (excludes halogenated alkanes) is 10. The molecule has 134 valence electrons. The molecule has 0 amide bonds. The van der Waals surface area contributed by atoms with Gasteiger partial charge in [-0.2, -0.15) is 0 Å². The SMILES string of the molecule is CCC(C)(N)O.CCCCCCCCCCCCCC(=O)O. The third-order valence-corrected chi connectivity index (χ3v) is 3.71. The molecule has 22 heavy (non-hydrogen) atoms. The fraction of sp³-hybridized carbons (Fsp3) is 0.944. The molecule has 4 heteroatoms. The second-order valence-electron chi connectivity index (χ2n) is 6.39. The number of carboxylic acid groups (broad SMARTS) is 1. The number of hydrogen-bond donors (Lipinski definition) is 3. The van der Waals surface area contributed by atoms with Crippen LogP contribution < -0.4 is 5.73 Å². The van der Waals surface area contributed by atoms with Crippen LogP contribution in [0.2, 0.25) is 0 Å². The molecular formula is C18H39NO3. The molecule has 0 aromatic carbocycles. The van der Waals surface area contributed by atoms with Gasteiger partial charge in [-0.3, -0.25) is 4.79 Å². The lowest BCUT2D eigenvalue weighted by atomic mass is 10.1. The van der Waals surface area contributed by atoms with Crippen molar-refractivity contribution in [2.45, 2.75) is 110 Å². The van der Waals surface area contributed by atoms with Crippen molar-refractivity contribution in [3.8, 4) is 0 Å². The number of aliphatic hydroxyl groups is 1. The second kappa shape index (κ2) is 16.8. The highest BCUT2D eigenvalue weighted by Crippen LogP contribution is 2.11. The zero-order chi connectivity index (χ0) is 17.3. The van der Waals surface area contributed by atoms with Crippen molar-refractivity contribution in [2.75, 3.05) is 0 Å². The van der Waals surface area contributed by atoms with Gasteiger partial charge < -0.3 is 15.9 Å². The molecule has 0 fully saturated rings. The number of hydrogen-bond acceptors (Lipinski definition) is 3. The highest BCUT2D eigenvalue weighted by molar-refractivity contribution is 5.66. The molecule has 0 aliphatic rings. The minimum atomic E-state index is -0.958. The lowest BCUT2D eigenvalue weighted by Crippen LogP contribution is -2.34. The molecule has 0 aromatic heterocycles. The Hall–Kier alpha value is -0.610. The van der Waals surface area contributed by atoms with Gasteiger partial charge >= 0.3 is 5.97 Å². The minimum absolute atomic E-state index is 0.344. The maximum atomic E-state index is 10.3. The van der Waals surface area contributed by atoms with Crippen molar-refractivity contribution < 1.29 is 15.0 Å². The number of carboxylic acids is 1. The maximum Gasteiger partial charge on any atom is 0.303 e. The minimum Gasteiger partial charge on any atom is -0.481 e.